The Labute approximate surface area is 99.2 Å². The molecule has 1 aliphatic carbocycles. The highest BCUT2D eigenvalue weighted by Crippen LogP contribution is 2.51. The lowest BCUT2D eigenvalue weighted by molar-refractivity contribution is -0.128. The summed E-state index contributed by atoms with van der Waals surface area (Å²) in [5, 5.41) is 0. The molecule has 0 heterocycles. The molecule has 82 valence electrons. The van der Waals surface area contributed by atoms with Gasteiger partial charge in [-0.15, -0.1) is 0 Å². The van der Waals surface area contributed by atoms with Crippen LogP contribution in [0.3, 0.4) is 0 Å². The number of hydrogen-bond donors (Lipinski definition) is 0. The summed E-state index contributed by atoms with van der Waals surface area (Å²) in [5.41, 5.74) is 4.49. The van der Waals surface area contributed by atoms with Gasteiger partial charge in [-0.25, -0.2) is 4.79 Å². The number of rotatable bonds is 2. The Morgan fingerprint density at radius 1 is 1.00 bits per heavy atom. The van der Waals surface area contributed by atoms with Crippen LogP contribution in [0.4, 0.5) is 0 Å². The maximum absolute atomic E-state index is 11.2. The molecular formula is C15H10O2. The fourth-order valence-electron chi connectivity index (χ4n) is 2.14. The van der Waals surface area contributed by atoms with Gasteiger partial charge in [-0.2, -0.15) is 0 Å². The van der Waals surface area contributed by atoms with Gasteiger partial charge in [-0.3, -0.25) is 0 Å². The van der Waals surface area contributed by atoms with Crippen molar-refractivity contribution in [2.75, 3.05) is 0 Å². The van der Waals surface area contributed by atoms with Crippen LogP contribution in [0, 0.1) is 0 Å². The smallest absolute Gasteiger partial charge is 0.335 e. The average Bonchev–Trinajstić information content (AvgIpc) is 2.35. The Morgan fingerprint density at radius 2 is 1.71 bits per heavy atom. The monoisotopic (exact) mass is 222 g/mol. The molecule has 0 unspecified atom stereocenters. The highest BCUT2D eigenvalue weighted by molar-refractivity contribution is 6.05. The van der Waals surface area contributed by atoms with E-state index in [0.29, 0.717) is 5.75 Å². The van der Waals surface area contributed by atoms with Crippen LogP contribution in [-0.2, 0) is 4.79 Å². The number of benzene rings is 2. The van der Waals surface area contributed by atoms with Crippen molar-refractivity contribution in [2.45, 2.75) is 0 Å². The highest BCUT2D eigenvalue weighted by atomic mass is 16.5. The molecule has 2 heteroatoms. The summed E-state index contributed by atoms with van der Waals surface area (Å²) in [4.78, 5) is 11.2. The highest BCUT2D eigenvalue weighted by Gasteiger charge is 2.25. The Bertz CT molecular complexity index is 627. The molecule has 0 saturated carbocycles. The fourth-order valence-corrected chi connectivity index (χ4v) is 2.14. The molecule has 0 N–H and O–H groups in total. The molecule has 0 bridgehead atoms. The number of esters is 1. The second-order valence-corrected chi connectivity index (χ2v) is 3.85. The summed E-state index contributed by atoms with van der Waals surface area (Å²) in [6.45, 7) is 3.40. The van der Waals surface area contributed by atoms with Crippen LogP contribution in [0.25, 0.3) is 22.3 Å². The number of hydrogen-bond acceptors (Lipinski definition) is 2. The molecule has 2 aromatic rings. The Kier molecular flexibility index (Phi) is 2.08. The van der Waals surface area contributed by atoms with Gasteiger partial charge in [0.1, 0.15) is 5.75 Å². The molecule has 0 spiro atoms. The van der Waals surface area contributed by atoms with E-state index in [2.05, 4.69) is 12.6 Å². The summed E-state index contributed by atoms with van der Waals surface area (Å²) in [6.07, 6.45) is 1.17. The molecule has 2 aromatic carbocycles. The minimum absolute atomic E-state index is 0.428. The first kappa shape index (κ1) is 9.85. The quantitative estimate of drug-likeness (QED) is 0.377. The minimum atomic E-state index is -0.428. The molecule has 0 radical (unpaired) electrons. The van der Waals surface area contributed by atoms with Gasteiger partial charge < -0.3 is 4.74 Å². The normalized spacial score (nSPS) is 10.8. The van der Waals surface area contributed by atoms with Gasteiger partial charge in [0.2, 0.25) is 0 Å². The predicted octanol–water partition coefficient (Wildman–Crippen LogP) is 3.43. The Morgan fingerprint density at radius 3 is 2.47 bits per heavy atom. The third kappa shape index (κ3) is 1.38. The van der Waals surface area contributed by atoms with E-state index in [1.165, 1.54) is 11.6 Å². The molecule has 1 aliphatic rings. The van der Waals surface area contributed by atoms with Crippen molar-refractivity contribution in [3.05, 3.63) is 55.1 Å². The maximum Gasteiger partial charge on any atom is 0.335 e. The van der Waals surface area contributed by atoms with Crippen molar-refractivity contribution in [3.63, 3.8) is 0 Å². The van der Waals surface area contributed by atoms with E-state index < -0.39 is 5.97 Å². The number of carbonyl (C=O) groups is 1. The predicted molar refractivity (Wildman–Crippen MR) is 66.7 cm³/mol. The summed E-state index contributed by atoms with van der Waals surface area (Å²) in [6, 6.07) is 13.8. The lowest BCUT2D eigenvalue weighted by Crippen LogP contribution is -2.07. The molecule has 0 saturated heterocycles. The molecule has 17 heavy (non-hydrogen) atoms. The zero-order chi connectivity index (χ0) is 11.8. The van der Waals surface area contributed by atoms with Crippen LogP contribution >= 0.6 is 0 Å². The summed E-state index contributed by atoms with van der Waals surface area (Å²) < 4.78 is 5.23. The van der Waals surface area contributed by atoms with Crippen LogP contribution < -0.4 is 4.74 Å². The molecular weight excluding hydrogens is 212 g/mol. The number of carbonyl (C=O) groups excluding carboxylic acids is 1. The third-order valence-electron chi connectivity index (χ3n) is 2.89. The van der Waals surface area contributed by atoms with Crippen LogP contribution in [0.2, 0.25) is 0 Å². The Balaban J connectivity index is 2.08. The zero-order valence-electron chi connectivity index (χ0n) is 9.14. The third-order valence-corrected chi connectivity index (χ3v) is 2.89. The summed E-state index contributed by atoms with van der Waals surface area (Å²) >= 11 is 0. The van der Waals surface area contributed by atoms with E-state index in [-0.39, 0.29) is 0 Å². The molecule has 0 aliphatic heterocycles. The second-order valence-electron chi connectivity index (χ2n) is 3.85. The van der Waals surface area contributed by atoms with Gasteiger partial charge in [-0.1, -0.05) is 43.0 Å². The van der Waals surface area contributed by atoms with Crippen LogP contribution in [-0.4, -0.2) is 5.97 Å². The van der Waals surface area contributed by atoms with E-state index in [1.54, 1.807) is 6.07 Å². The van der Waals surface area contributed by atoms with Crippen molar-refractivity contribution >= 4 is 5.97 Å². The second kappa shape index (κ2) is 3.59. The van der Waals surface area contributed by atoms with Crippen molar-refractivity contribution in [2.24, 2.45) is 0 Å². The first-order valence-electron chi connectivity index (χ1n) is 5.38. The lowest BCUT2D eigenvalue weighted by atomic mass is 9.80. The van der Waals surface area contributed by atoms with Crippen molar-refractivity contribution in [3.8, 4) is 28.0 Å². The van der Waals surface area contributed by atoms with E-state index in [4.69, 9.17) is 4.74 Å². The Hall–Kier alpha value is -2.35. The van der Waals surface area contributed by atoms with Gasteiger partial charge in [0.25, 0.3) is 0 Å². The van der Waals surface area contributed by atoms with Crippen LogP contribution in [0.5, 0.6) is 5.75 Å². The van der Waals surface area contributed by atoms with Crippen molar-refractivity contribution < 1.29 is 9.53 Å². The average molecular weight is 222 g/mol. The largest absolute Gasteiger partial charge is 0.423 e. The van der Waals surface area contributed by atoms with E-state index in [9.17, 15) is 4.79 Å². The first-order valence-corrected chi connectivity index (χ1v) is 5.38. The molecule has 0 amide bonds. The van der Waals surface area contributed by atoms with Gasteiger partial charge in [0.05, 0.1) is 0 Å². The maximum atomic E-state index is 11.2. The molecule has 0 aromatic heterocycles. The van der Waals surface area contributed by atoms with Crippen molar-refractivity contribution in [1.29, 1.82) is 0 Å². The lowest BCUT2D eigenvalue weighted by Gasteiger charge is -2.25. The standard InChI is InChI=1S/C15H10O2/c1-2-14(16)17-13-9-5-8-12-10-6-3-4-7-11(10)15(12)13/h2-9H,1H2. The van der Waals surface area contributed by atoms with E-state index >= 15 is 0 Å². The fraction of sp³-hybridized carbons (Fsp3) is 0. The van der Waals surface area contributed by atoms with Gasteiger partial charge >= 0.3 is 5.97 Å². The minimum Gasteiger partial charge on any atom is -0.423 e. The van der Waals surface area contributed by atoms with Crippen molar-refractivity contribution in [1.82, 2.24) is 0 Å². The van der Waals surface area contributed by atoms with Crippen LogP contribution in [0.15, 0.2) is 55.1 Å². The zero-order valence-corrected chi connectivity index (χ0v) is 9.14. The van der Waals surface area contributed by atoms with Gasteiger partial charge in [0.15, 0.2) is 0 Å². The number of ether oxygens (including phenoxy) is 1. The summed E-state index contributed by atoms with van der Waals surface area (Å²) in [5.74, 6) is 0.175. The topological polar surface area (TPSA) is 26.3 Å². The van der Waals surface area contributed by atoms with E-state index in [0.717, 1.165) is 16.7 Å². The molecule has 0 fully saturated rings. The molecule has 2 nitrogen and oxygen atoms in total. The first-order chi connectivity index (χ1) is 8.31. The van der Waals surface area contributed by atoms with Gasteiger partial charge in [-0.05, 0) is 22.8 Å². The van der Waals surface area contributed by atoms with Crippen LogP contribution in [0.1, 0.15) is 0 Å². The SMILES string of the molecule is C=CC(=O)Oc1cccc2c1-c1ccccc1-2. The summed E-state index contributed by atoms with van der Waals surface area (Å²) in [7, 11) is 0. The number of fused-ring (bicyclic) bond motifs is 4. The molecule has 3 rings (SSSR count). The molecule has 0 atom stereocenters. The van der Waals surface area contributed by atoms with Gasteiger partial charge in [0, 0.05) is 11.6 Å². The van der Waals surface area contributed by atoms with E-state index in [1.807, 2.05) is 30.3 Å².